The quantitative estimate of drug-likeness (QED) is 0.809. The number of rotatable bonds is 6. The van der Waals surface area contributed by atoms with Gasteiger partial charge in [0, 0.05) is 6.54 Å². The summed E-state index contributed by atoms with van der Waals surface area (Å²) in [4.78, 5) is 21.5. The topological polar surface area (TPSA) is 101 Å². The lowest BCUT2D eigenvalue weighted by molar-refractivity contribution is -0.118. The fourth-order valence-electron chi connectivity index (χ4n) is 1.77. The number of hydrogen-bond donors (Lipinski definition) is 2. The Bertz CT molecular complexity index is 682. The SMILES string of the molecule is O=C(CS(=O)(=O)c1ccc(C(=O)O)cc1F)NCC1CC1. The lowest BCUT2D eigenvalue weighted by Crippen LogP contribution is -2.32. The summed E-state index contributed by atoms with van der Waals surface area (Å²) in [6, 6.07) is 2.47. The van der Waals surface area contributed by atoms with Crippen molar-refractivity contribution in [3.8, 4) is 0 Å². The Labute approximate surface area is 120 Å². The molecule has 0 aromatic heterocycles. The lowest BCUT2D eigenvalue weighted by Gasteiger charge is -2.07. The van der Waals surface area contributed by atoms with E-state index in [-0.39, 0.29) is 5.56 Å². The average molecular weight is 315 g/mol. The molecule has 0 spiro atoms. The van der Waals surface area contributed by atoms with Gasteiger partial charge in [-0.15, -0.1) is 0 Å². The van der Waals surface area contributed by atoms with Crippen LogP contribution in [0.5, 0.6) is 0 Å². The molecule has 1 aliphatic rings. The van der Waals surface area contributed by atoms with Crippen molar-refractivity contribution in [3.63, 3.8) is 0 Å². The number of benzene rings is 1. The summed E-state index contributed by atoms with van der Waals surface area (Å²) in [5.74, 6) is -3.68. The van der Waals surface area contributed by atoms with E-state index in [4.69, 9.17) is 5.11 Å². The van der Waals surface area contributed by atoms with Crippen LogP contribution in [0, 0.1) is 11.7 Å². The van der Waals surface area contributed by atoms with Gasteiger partial charge < -0.3 is 10.4 Å². The average Bonchev–Trinajstić information content (AvgIpc) is 3.19. The molecule has 0 bridgehead atoms. The van der Waals surface area contributed by atoms with Crippen molar-refractivity contribution in [2.75, 3.05) is 12.3 Å². The second-order valence-electron chi connectivity index (χ2n) is 4.96. The zero-order valence-corrected chi connectivity index (χ0v) is 11.8. The van der Waals surface area contributed by atoms with Crippen molar-refractivity contribution in [2.24, 2.45) is 5.92 Å². The van der Waals surface area contributed by atoms with Crippen LogP contribution in [0.1, 0.15) is 23.2 Å². The number of aromatic carboxylic acids is 1. The summed E-state index contributed by atoms with van der Waals surface area (Å²) in [6.45, 7) is 0.425. The summed E-state index contributed by atoms with van der Waals surface area (Å²) in [5, 5.41) is 11.2. The molecule has 0 atom stereocenters. The van der Waals surface area contributed by atoms with Gasteiger partial charge in [0.15, 0.2) is 9.84 Å². The second kappa shape index (κ2) is 5.80. The fraction of sp³-hybridized carbons (Fsp3) is 0.385. The van der Waals surface area contributed by atoms with Crippen LogP contribution in [-0.4, -0.2) is 37.7 Å². The number of amides is 1. The monoisotopic (exact) mass is 315 g/mol. The first-order chi connectivity index (χ1) is 9.79. The van der Waals surface area contributed by atoms with E-state index in [0.29, 0.717) is 18.5 Å². The standard InChI is InChI=1S/C13H14FNO5S/c14-10-5-9(13(17)18)3-4-11(10)21(19,20)7-12(16)15-6-8-1-2-8/h3-5,8H,1-2,6-7H2,(H,15,16)(H,17,18). The molecular formula is C13H14FNO5S. The first kappa shape index (κ1) is 15.4. The molecule has 114 valence electrons. The van der Waals surface area contributed by atoms with Gasteiger partial charge in [0.1, 0.15) is 16.5 Å². The van der Waals surface area contributed by atoms with Crippen LogP contribution < -0.4 is 5.32 Å². The number of carbonyl (C=O) groups excluding carboxylic acids is 1. The Balaban J connectivity index is 2.10. The van der Waals surface area contributed by atoms with Crippen LogP contribution >= 0.6 is 0 Å². The van der Waals surface area contributed by atoms with Gasteiger partial charge in [-0.1, -0.05) is 0 Å². The Kier molecular flexibility index (Phi) is 4.26. The predicted molar refractivity (Wildman–Crippen MR) is 71.1 cm³/mol. The highest BCUT2D eigenvalue weighted by atomic mass is 32.2. The molecule has 1 aliphatic carbocycles. The second-order valence-corrected chi connectivity index (χ2v) is 6.91. The third-order valence-corrected chi connectivity index (χ3v) is 4.76. The van der Waals surface area contributed by atoms with Gasteiger partial charge in [0.2, 0.25) is 5.91 Å². The number of carboxylic acid groups (broad SMARTS) is 1. The van der Waals surface area contributed by atoms with E-state index in [0.717, 1.165) is 25.0 Å². The van der Waals surface area contributed by atoms with E-state index in [2.05, 4.69) is 5.32 Å². The molecule has 0 unspecified atom stereocenters. The maximum absolute atomic E-state index is 13.7. The maximum Gasteiger partial charge on any atom is 0.335 e. The Morgan fingerprint density at radius 2 is 2.00 bits per heavy atom. The van der Waals surface area contributed by atoms with E-state index in [9.17, 15) is 22.4 Å². The highest BCUT2D eigenvalue weighted by Gasteiger charge is 2.26. The van der Waals surface area contributed by atoms with Crippen LogP contribution in [0.3, 0.4) is 0 Å². The molecule has 2 rings (SSSR count). The molecule has 1 saturated carbocycles. The maximum atomic E-state index is 13.7. The first-order valence-electron chi connectivity index (χ1n) is 6.32. The molecule has 0 saturated heterocycles. The molecule has 0 radical (unpaired) electrons. The predicted octanol–water partition coefficient (Wildman–Crippen LogP) is 0.824. The van der Waals surface area contributed by atoms with Crippen molar-refractivity contribution < 1.29 is 27.5 Å². The summed E-state index contributed by atoms with van der Waals surface area (Å²) >= 11 is 0. The Morgan fingerprint density at radius 1 is 1.33 bits per heavy atom. The highest BCUT2D eigenvalue weighted by molar-refractivity contribution is 7.92. The summed E-state index contributed by atoms with van der Waals surface area (Å²) in [6.07, 6.45) is 2.02. The van der Waals surface area contributed by atoms with Gasteiger partial charge in [-0.3, -0.25) is 4.79 Å². The van der Waals surface area contributed by atoms with Gasteiger partial charge in [0.05, 0.1) is 5.56 Å². The van der Waals surface area contributed by atoms with Gasteiger partial charge in [0.25, 0.3) is 0 Å². The molecule has 1 aromatic rings. The van der Waals surface area contributed by atoms with Gasteiger partial charge in [-0.25, -0.2) is 17.6 Å². The molecule has 1 fully saturated rings. The number of carboxylic acids is 1. The molecule has 2 N–H and O–H groups in total. The molecule has 0 aliphatic heterocycles. The fourth-order valence-corrected chi connectivity index (χ4v) is 3.00. The highest BCUT2D eigenvalue weighted by Crippen LogP contribution is 2.27. The molecule has 1 aromatic carbocycles. The zero-order valence-electron chi connectivity index (χ0n) is 11.0. The molecule has 1 amide bonds. The number of nitrogens with one attached hydrogen (secondary N) is 1. The summed E-state index contributed by atoms with van der Waals surface area (Å²) in [7, 11) is -4.14. The van der Waals surface area contributed by atoms with Gasteiger partial charge >= 0.3 is 5.97 Å². The molecular weight excluding hydrogens is 301 g/mol. The molecule has 0 heterocycles. The summed E-state index contributed by atoms with van der Waals surface area (Å²) in [5.41, 5.74) is -0.357. The van der Waals surface area contributed by atoms with Crippen molar-refractivity contribution in [1.82, 2.24) is 5.32 Å². The molecule has 21 heavy (non-hydrogen) atoms. The number of carbonyl (C=O) groups is 2. The van der Waals surface area contributed by atoms with Crippen LogP contribution in [0.15, 0.2) is 23.1 Å². The van der Waals surface area contributed by atoms with E-state index < -0.39 is 38.2 Å². The van der Waals surface area contributed by atoms with E-state index >= 15 is 0 Å². The third kappa shape index (κ3) is 4.01. The van der Waals surface area contributed by atoms with E-state index in [1.165, 1.54) is 0 Å². The van der Waals surface area contributed by atoms with Crippen molar-refractivity contribution in [1.29, 1.82) is 0 Å². The van der Waals surface area contributed by atoms with Crippen molar-refractivity contribution >= 4 is 21.7 Å². The van der Waals surface area contributed by atoms with Crippen LogP contribution in [0.4, 0.5) is 4.39 Å². The largest absolute Gasteiger partial charge is 0.478 e. The molecule has 8 heteroatoms. The van der Waals surface area contributed by atoms with Crippen molar-refractivity contribution in [3.05, 3.63) is 29.6 Å². The lowest BCUT2D eigenvalue weighted by atomic mass is 10.2. The van der Waals surface area contributed by atoms with Gasteiger partial charge in [-0.05, 0) is 37.0 Å². The minimum Gasteiger partial charge on any atom is -0.478 e. The van der Waals surface area contributed by atoms with Crippen LogP contribution in [0.2, 0.25) is 0 Å². The normalized spacial score (nSPS) is 14.7. The zero-order chi connectivity index (χ0) is 15.6. The number of halogens is 1. The van der Waals surface area contributed by atoms with Crippen molar-refractivity contribution in [2.45, 2.75) is 17.7 Å². The van der Waals surface area contributed by atoms with Gasteiger partial charge in [-0.2, -0.15) is 0 Å². The minimum absolute atomic E-state index is 0.357. The summed E-state index contributed by atoms with van der Waals surface area (Å²) < 4.78 is 37.6. The smallest absolute Gasteiger partial charge is 0.335 e. The van der Waals surface area contributed by atoms with E-state index in [1.54, 1.807) is 0 Å². The Morgan fingerprint density at radius 3 is 2.52 bits per heavy atom. The third-order valence-electron chi connectivity index (χ3n) is 3.12. The number of hydrogen-bond acceptors (Lipinski definition) is 4. The Hall–Kier alpha value is -1.96. The molecule has 6 nitrogen and oxygen atoms in total. The van der Waals surface area contributed by atoms with Crippen LogP contribution in [-0.2, 0) is 14.6 Å². The van der Waals surface area contributed by atoms with Crippen LogP contribution in [0.25, 0.3) is 0 Å². The number of sulfone groups is 1. The van der Waals surface area contributed by atoms with E-state index in [1.807, 2.05) is 0 Å². The first-order valence-corrected chi connectivity index (χ1v) is 7.97. The minimum atomic E-state index is -4.14.